The molecule has 2 aromatic rings. The summed E-state index contributed by atoms with van der Waals surface area (Å²) < 4.78 is 38.5. The predicted molar refractivity (Wildman–Crippen MR) is 71.9 cm³/mol. The van der Waals surface area contributed by atoms with E-state index in [9.17, 15) is 18.3 Å². The highest BCUT2D eigenvalue weighted by atomic mass is 19.4. The summed E-state index contributed by atoms with van der Waals surface area (Å²) in [6.07, 6.45) is -2.83. The molecule has 0 aliphatic carbocycles. The fourth-order valence-electron chi connectivity index (χ4n) is 1.88. The van der Waals surface area contributed by atoms with E-state index >= 15 is 0 Å². The zero-order valence-electron chi connectivity index (χ0n) is 10.5. The summed E-state index contributed by atoms with van der Waals surface area (Å²) >= 11 is 0. The van der Waals surface area contributed by atoms with Gasteiger partial charge < -0.3 is 5.11 Å². The van der Waals surface area contributed by atoms with Gasteiger partial charge in [0.2, 0.25) is 0 Å². The molecule has 0 saturated carbocycles. The largest absolute Gasteiger partial charge is 0.416 e. The van der Waals surface area contributed by atoms with Gasteiger partial charge in [-0.15, -0.1) is 0 Å². The van der Waals surface area contributed by atoms with E-state index in [1.54, 1.807) is 18.2 Å². The second-order valence-electron chi connectivity index (χ2n) is 4.30. The van der Waals surface area contributed by atoms with Gasteiger partial charge in [-0.3, -0.25) is 0 Å². The third-order valence-electron chi connectivity index (χ3n) is 2.86. The quantitative estimate of drug-likeness (QED) is 0.879. The third-order valence-corrected chi connectivity index (χ3v) is 2.86. The fraction of sp³-hybridized carbons (Fsp3) is 0.125. The highest BCUT2D eigenvalue weighted by Gasteiger charge is 2.34. The molecule has 1 N–H and O–H groups in total. The SMILES string of the molecule is OC(/C=C/c1ccccc1)c1ccccc1C(F)(F)F. The lowest BCUT2D eigenvalue weighted by atomic mass is 10.0. The van der Waals surface area contributed by atoms with Crippen molar-refractivity contribution in [1.29, 1.82) is 0 Å². The Labute approximate surface area is 115 Å². The predicted octanol–water partition coefficient (Wildman–Crippen LogP) is 4.45. The van der Waals surface area contributed by atoms with Crippen LogP contribution in [0.5, 0.6) is 0 Å². The zero-order valence-corrected chi connectivity index (χ0v) is 10.5. The molecule has 2 aromatic carbocycles. The molecule has 0 heterocycles. The minimum absolute atomic E-state index is 0.146. The minimum Gasteiger partial charge on any atom is -0.384 e. The first-order chi connectivity index (χ1) is 9.48. The van der Waals surface area contributed by atoms with Crippen molar-refractivity contribution >= 4 is 6.08 Å². The molecule has 1 atom stereocenters. The standard InChI is InChI=1S/C16H13F3O/c17-16(18,19)14-9-5-4-8-13(14)15(20)11-10-12-6-2-1-3-7-12/h1-11,15,20H/b11-10+. The van der Waals surface area contributed by atoms with E-state index in [0.29, 0.717) is 0 Å². The number of alkyl halides is 3. The monoisotopic (exact) mass is 278 g/mol. The highest BCUT2D eigenvalue weighted by molar-refractivity contribution is 5.50. The molecule has 0 aliphatic heterocycles. The van der Waals surface area contributed by atoms with Gasteiger partial charge in [0.25, 0.3) is 0 Å². The number of rotatable bonds is 3. The van der Waals surface area contributed by atoms with Crippen LogP contribution in [0.4, 0.5) is 13.2 Å². The Hall–Kier alpha value is -2.07. The van der Waals surface area contributed by atoms with Gasteiger partial charge in [-0.25, -0.2) is 0 Å². The Morgan fingerprint density at radius 2 is 1.50 bits per heavy atom. The van der Waals surface area contributed by atoms with Gasteiger partial charge in [0, 0.05) is 0 Å². The maximum absolute atomic E-state index is 12.8. The smallest absolute Gasteiger partial charge is 0.384 e. The average Bonchev–Trinajstić information content (AvgIpc) is 2.45. The molecule has 1 unspecified atom stereocenters. The molecule has 1 nitrogen and oxygen atoms in total. The van der Waals surface area contributed by atoms with Gasteiger partial charge in [0.15, 0.2) is 0 Å². The van der Waals surface area contributed by atoms with Crippen molar-refractivity contribution in [3.05, 3.63) is 77.4 Å². The molecule has 0 radical (unpaired) electrons. The first-order valence-corrected chi connectivity index (χ1v) is 6.06. The number of halogens is 3. The Bertz CT molecular complexity index is 588. The van der Waals surface area contributed by atoms with E-state index in [4.69, 9.17) is 0 Å². The maximum Gasteiger partial charge on any atom is 0.416 e. The topological polar surface area (TPSA) is 20.2 Å². The molecule has 2 rings (SSSR count). The van der Waals surface area contributed by atoms with Crippen molar-refractivity contribution in [3.63, 3.8) is 0 Å². The lowest BCUT2D eigenvalue weighted by Crippen LogP contribution is -2.10. The van der Waals surface area contributed by atoms with Gasteiger partial charge in [-0.2, -0.15) is 13.2 Å². The number of hydrogen-bond acceptors (Lipinski definition) is 1. The van der Waals surface area contributed by atoms with Crippen LogP contribution < -0.4 is 0 Å². The summed E-state index contributed by atoms with van der Waals surface area (Å²) in [6.45, 7) is 0. The molecular formula is C16H13F3O. The van der Waals surface area contributed by atoms with Crippen LogP contribution in [0.3, 0.4) is 0 Å². The summed E-state index contributed by atoms with van der Waals surface area (Å²) in [5.74, 6) is 0. The average molecular weight is 278 g/mol. The molecule has 0 saturated heterocycles. The lowest BCUT2D eigenvalue weighted by Gasteiger charge is -2.15. The number of hydrogen-bond donors (Lipinski definition) is 1. The van der Waals surface area contributed by atoms with Gasteiger partial charge >= 0.3 is 6.18 Å². The van der Waals surface area contributed by atoms with Crippen LogP contribution in [0.2, 0.25) is 0 Å². The van der Waals surface area contributed by atoms with Crippen LogP contribution in [0, 0.1) is 0 Å². The second-order valence-corrected chi connectivity index (χ2v) is 4.30. The van der Waals surface area contributed by atoms with E-state index in [2.05, 4.69) is 0 Å². The van der Waals surface area contributed by atoms with Crippen molar-refractivity contribution in [2.45, 2.75) is 12.3 Å². The van der Waals surface area contributed by atoms with E-state index < -0.39 is 17.8 Å². The summed E-state index contributed by atoms with van der Waals surface area (Å²) in [5, 5.41) is 9.94. The number of benzene rings is 2. The minimum atomic E-state index is -4.47. The molecule has 0 aromatic heterocycles. The Balaban J connectivity index is 2.26. The highest BCUT2D eigenvalue weighted by Crippen LogP contribution is 2.34. The van der Waals surface area contributed by atoms with E-state index in [-0.39, 0.29) is 5.56 Å². The zero-order chi connectivity index (χ0) is 14.6. The van der Waals surface area contributed by atoms with Crippen molar-refractivity contribution in [3.8, 4) is 0 Å². The van der Waals surface area contributed by atoms with Crippen molar-refractivity contribution in [2.75, 3.05) is 0 Å². The summed E-state index contributed by atoms with van der Waals surface area (Å²) in [7, 11) is 0. The van der Waals surface area contributed by atoms with Crippen LogP contribution >= 0.6 is 0 Å². The van der Waals surface area contributed by atoms with Crippen LogP contribution in [-0.2, 0) is 6.18 Å². The molecule has 0 bridgehead atoms. The van der Waals surface area contributed by atoms with E-state index in [0.717, 1.165) is 11.6 Å². The van der Waals surface area contributed by atoms with Crippen LogP contribution in [0.1, 0.15) is 22.8 Å². The first-order valence-electron chi connectivity index (χ1n) is 6.06. The molecule has 104 valence electrons. The summed E-state index contributed by atoms with van der Waals surface area (Å²) in [6, 6.07) is 14.1. The van der Waals surface area contributed by atoms with Crippen LogP contribution in [0.25, 0.3) is 6.08 Å². The Morgan fingerprint density at radius 3 is 2.15 bits per heavy atom. The normalized spacial score (nSPS) is 13.6. The lowest BCUT2D eigenvalue weighted by molar-refractivity contribution is -0.138. The van der Waals surface area contributed by atoms with Crippen molar-refractivity contribution in [1.82, 2.24) is 0 Å². The number of aliphatic hydroxyl groups excluding tert-OH is 1. The van der Waals surface area contributed by atoms with Crippen LogP contribution in [-0.4, -0.2) is 5.11 Å². The first kappa shape index (κ1) is 14.3. The molecule has 0 amide bonds. The molecular weight excluding hydrogens is 265 g/mol. The van der Waals surface area contributed by atoms with E-state index in [1.807, 2.05) is 18.2 Å². The fourth-order valence-corrected chi connectivity index (χ4v) is 1.88. The molecule has 20 heavy (non-hydrogen) atoms. The third kappa shape index (κ3) is 3.48. The molecule has 0 aliphatic rings. The van der Waals surface area contributed by atoms with Gasteiger partial charge in [0.1, 0.15) is 0 Å². The molecule has 0 spiro atoms. The maximum atomic E-state index is 12.8. The van der Waals surface area contributed by atoms with Gasteiger partial charge in [0.05, 0.1) is 11.7 Å². The van der Waals surface area contributed by atoms with Crippen molar-refractivity contribution in [2.24, 2.45) is 0 Å². The Kier molecular flexibility index (Phi) is 4.25. The van der Waals surface area contributed by atoms with Gasteiger partial charge in [-0.1, -0.05) is 60.7 Å². The van der Waals surface area contributed by atoms with Crippen molar-refractivity contribution < 1.29 is 18.3 Å². The Morgan fingerprint density at radius 1 is 0.900 bits per heavy atom. The summed E-state index contributed by atoms with van der Waals surface area (Å²) in [5.41, 5.74) is -0.145. The molecule has 4 heteroatoms. The summed E-state index contributed by atoms with van der Waals surface area (Å²) in [4.78, 5) is 0. The molecule has 0 fully saturated rings. The number of aliphatic hydroxyl groups is 1. The van der Waals surface area contributed by atoms with Crippen LogP contribution in [0.15, 0.2) is 60.7 Å². The van der Waals surface area contributed by atoms with Gasteiger partial charge in [-0.05, 0) is 17.2 Å². The van der Waals surface area contributed by atoms with E-state index in [1.165, 1.54) is 24.3 Å². The second kappa shape index (κ2) is 5.92.